The van der Waals surface area contributed by atoms with E-state index in [1.54, 1.807) is 30.1 Å². The first-order chi connectivity index (χ1) is 8.59. The Morgan fingerprint density at radius 2 is 1.83 bits per heavy atom. The summed E-state index contributed by atoms with van der Waals surface area (Å²) in [6, 6.07) is 14.1. The molecule has 2 aromatic carbocycles. The molecule has 0 aliphatic carbocycles. The van der Waals surface area contributed by atoms with E-state index < -0.39 is 0 Å². The van der Waals surface area contributed by atoms with Gasteiger partial charge in [0.05, 0.1) is 0 Å². The monoisotopic (exact) mass is 241 g/mol. The maximum atomic E-state index is 12.3. The fourth-order valence-corrected chi connectivity index (χ4v) is 1.88. The van der Waals surface area contributed by atoms with Crippen LogP contribution in [0.2, 0.25) is 0 Å². The van der Waals surface area contributed by atoms with Gasteiger partial charge < -0.3 is 10.0 Å². The van der Waals surface area contributed by atoms with Crippen molar-refractivity contribution in [3.05, 3.63) is 59.7 Å². The minimum Gasteiger partial charge on any atom is -0.508 e. The van der Waals surface area contributed by atoms with Crippen molar-refractivity contribution in [1.82, 2.24) is 0 Å². The zero-order chi connectivity index (χ0) is 13.1. The fourth-order valence-electron chi connectivity index (χ4n) is 1.88. The van der Waals surface area contributed by atoms with Gasteiger partial charge in [-0.3, -0.25) is 4.79 Å². The van der Waals surface area contributed by atoms with Gasteiger partial charge in [0, 0.05) is 18.3 Å². The van der Waals surface area contributed by atoms with Crippen molar-refractivity contribution >= 4 is 11.6 Å². The Morgan fingerprint density at radius 1 is 1.11 bits per heavy atom. The molecule has 0 aliphatic rings. The van der Waals surface area contributed by atoms with Gasteiger partial charge in [-0.2, -0.15) is 0 Å². The first-order valence-electron chi connectivity index (χ1n) is 5.72. The highest BCUT2D eigenvalue weighted by molar-refractivity contribution is 6.06. The molecule has 0 aliphatic heterocycles. The molecule has 3 nitrogen and oxygen atoms in total. The molecule has 0 bridgehead atoms. The van der Waals surface area contributed by atoms with Crippen LogP contribution in [0.4, 0.5) is 5.69 Å². The van der Waals surface area contributed by atoms with Crippen molar-refractivity contribution in [2.24, 2.45) is 0 Å². The van der Waals surface area contributed by atoms with Crippen molar-refractivity contribution in [3.8, 4) is 5.75 Å². The number of para-hydroxylation sites is 1. The van der Waals surface area contributed by atoms with E-state index in [9.17, 15) is 9.90 Å². The molecular weight excluding hydrogens is 226 g/mol. The van der Waals surface area contributed by atoms with Gasteiger partial charge in [0.25, 0.3) is 5.91 Å². The number of nitrogens with zero attached hydrogens (tertiary/aromatic N) is 1. The predicted octanol–water partition coefficient (Wildman–Crippen LogP) is 2.98. The molecule has 1 N–H and O–H groups in total. The van der Waals surface area contributed by atoms with E-state index in [-0.39, 0.29) is 11.7 Å². The molecule has 0 unspecified atom stereocenters. The van der Waals surface area contributed by atoms with Gasteiger partial charge in [0.2, 0.25) is 0 Å². The van der Waals surface area contributed by atoms with Crippen molar-refractivity contribution in [1.29, 1.82) is 0 Å². The van der Waals surface area contributed by atoms with Gasteiger partial charge in [0.15, 0.2) is 0 Å². The third-order valence-corrected chi connectivity index (χ3v) is 2.87. The lowest BCUT2D eigenvalue weighted by Gasteiger charge is -2.19. The Kier molecular flexibility index (Phi) is 3.33. The van der Waals surface area contributed by atoms with Gasteiger partial charge in [0.1, 0.15) is 5.75 Å². The summed E-state index contributed by atoms with van der Waals surface area (Å²) in [4.78, 5) is 13.9. The van der Waals surface area contributed by atoms with Crippen LogP contribution in [0.5, 0.6) is 5.75 Å². The normalized spacial score (nSPS) is 10.1. The maximum absolute atomic E-state index is 12.3. The molecule has 0 saturated heterocycles. The van der Waals surface area contributed by atoms with Crippen molar-refractivity contribution in [2.45, 2.75) is 6.92 Å². The molecule has 0 saturated carbocycles. The number of hydrogen-bond donors (Lipinski definition) is 1. The van der Waals surface area contributed by atoms with Crippen LogP contribution in [0.1, 0.15) is 15.9 Å². The molecule has 0 atom stereocenters. The Bertz CT molecular complexity index is 578. The van der Waals surface area contributed by atoms with Crippen LogP contribution in [0, 0.1) is 6.92 Å². The number of aromatic hydroxyl groups is 1. The summed E-state index contributed by atoms with van der Waals surface area (Å²) in [6.45, 7) is 1.96. The first kappa shape index (κ1) is 12.2. The van der Waals surface area contributed by atoms with Crippen LogP contribution in [0.3, 0.4) is 0 Å². The summed E-state index contributed by atoms with van der Waals surface area (Å²) in [5.41, 5.74) is 2.38. The number of anilines is 1. The van der Waals surface area contributed by atoms with E-state index in [1.165, 1.54) is 6.07 Å². The van der Waals surface area contributed by atoms with Gasteiger partial charge in [-0.15, -0.1) is 0 Å². The molecule has 18 heavy (non-hydrogen) atoms. The average Bonchev–Trinajstić information content (AvgIpc) is 2.37. The van der Waals surface area contributed by atoms with Gasteiger partial charge in [-0.1, -0.05) is 24.3 Å². The van der Waals surface area contributed by atoms with Crippen LogP contribution in [0.15, 0.2) is 48.5 Å². The summed E-state index contributed by atoms with van der Waals surface area (Å²) in [5.74, 6) is -0.0424. The summed E-state index contributed by atoms with van der Waals surface area (Å²) in [5, 5.41) is 9.40. The molecular formula is C15H15NO2. The number of rotatable bonds is 2. The third kappa shape index (κ3) is 2.35. The number of phenolic OH excluding ortho intramolecular Hbond substituents is 1. The topological polar surface area (TPSA) is 40.5 Å². The number of benzene rings is 2. The van der Waals surface area contributed by atoms with E-state index in [0.29, 0.717) is 5.56 Å². The van der Waals surface area contributed by atoms with Crippen LogP contribution < -0.4 is 4.90 Å². The molecule has 2 aromatic rings. The smallest absolute Gasteiger partial charge is 0.258 e. The van der Waals surface area contributed by atoms with Crippen molar-refractivity contribution < 1.29 is 9.90 Å². The van der Waals surface area contributed by atoms with Crippen LogP contribution >= 0.6 is 0 Å². The van der Waals surface area contributed by atoms with Crippen molar-refractivity contribution in [3.63, 3.8) is 0 Å². The minimum absolute atomic E-state index is 0.0963. The van der Waals surface area contributed by atoms with E-state index in [4.69, 9.17) is 0 Å². The van der Waals surface area contributed by atoms with E-state index in [1.807, 2.05) is 31.2 Å². The lowest BCUT2D eigenvalue weighted by molar-refractivity contribution is 0.0992. The van der Waals surface area contributed by atoms with Gasteiger partial charge in [-0.05, 0) is 36.8 Å². The molecule has 2 rings (SSSR count). The maximum Gasteiger partial charge on any atom is 0.258 e. The molecule has 0 fully saturated rings. The lowest BCUT2D eigenvalue weighted by Crippen LogP contribution is -2.26. The average molecular weight is 241 g/mol. The standard InChI is InChI=1S/C15H15NO2/c1-11-6-3-4-9-14(11)16(2)15(18)12-7-5-8-13(17)10-12/h3-10,17H,1-2H3. The molecule has 92 valence electrons. The van der Waals surface area contributed by atoms with Crippen LogP contribution in [-0.2, 0) is 0 Å². The Balaban J connectivity index is 2.32. The van der Waals surface area contributed by atoms with Gasteiger partial charge >= 0.3 is 0 Å². The number of phenols is 1. The molecule has 0 aromatic heterocycles. The molecule has 3 heteroatoms. The van der Waals surface area contributed by atoms with E-state index in [0.717, 1.165) is 11.3 Å². The second-order valence-electron chi connectivity index (χ2n) is 4.20. The molecule has 0 spiro atoms. The lowest BCUT2D eigenvalue weighted by atomic mass is 10.1. The highest BCUT2D eigenvalue weighted by Crippen LogP contribution is 2.21. The highest BCUT2D eigenvalue weighted by Gasteiger charge is 2.14. The second-order valence-corrected chi connectivity index (χ2v) is 4.20. The fraction of sp³-hybridized carbons (Fsp3) is 0.133. The van der Waals surface area contributed by atoms with Crippen LogP contribution in [0.25, 0.3) is 0 Å². The number of amides is 1. The summed E-state index contributed by atoms with van der Waals surface area (Å²) < 4.78 is 0. The number of hydrogen-bond acceptors (Lipinski definition) is 2. The Morgan fingerprint density at radius 3 is 2.50 bits per heavy atom. The molecule has 1 amide bonds. The van der Waals surface area contributed by atoms with Crippen LogP contribution in [-0.4, -0.2) is 18.1 Å². The molecule has 0 radical (unpaired) electrons. The number of carbonyl (C=O) groups is 1. The second kappa shape index (κ2) is 4.92. The summed E-state index contributed by atoms with van der Waals surface area (Å²) in [7, 11) is 1.73. The highest BCUT2D eigenvalue weighted by atomic mass is 16.3. The SMILES string of the molecule is Cc1ccccc1N(C)C(=O)c1cccc(O)c1. The largest absolute Gasteiger partial charge is 0.508 e. The third-order valence-electron chi connectivity index (χ3n) is 2.87. The summed E-state index contributed by atoms with van der Waals surface area (Å²) in [6.07, 6.45) is 0. The molecule has 0 heterocycles. The van der Waals surface area contributed by atoms with E-state index >= 15 is 0 Å². The minimum atomic E-state index is -0.139. The van der Waals surface area contributed by atoms with E-state index in [2.05, 4.69) is 0 Å². The Hall–Kier alpha value is -2.29. The predicted molar refractivity (Wildman–Crippen MR) is 72.0 cm³/mol. The van der Waals surface area contributed by atoms with Gasteiger partial charge in [-0.25, -0.2) is 0 Å². The first-order valence-corrected chi connectivity index (χ1v) is 5.72. The quantitative estimate of drug-likeness (QED) is 0.878. The zero-order valence-electron chi connectivity index (χ0n) is 10.4. The number of carbonyl (C=O) groups excluding carboxylic acids is 1. The Labute approximate surface area is 106 Å². The zero-order valence-corrected chi connectivity index (χ0v) is 10.4. The summed E-state index contributed by atoms with van der Waals surface area (Å²) >= 11 is 0. The number of aryl methyl sites for hydroxylation is 1. The van der Waals surface area contributed by atoms with Crippen molar-refractivity contribution in [2.75, 3.05) is 11.9 Å².